The summed E-state index contributed by atoms with van der Waals surface area (Å²) in [6, 6.07) is -0.355. The number of imide groups is 1. The van der Waals surface area contributed by atoms with Gasteiger partial charge in [0.15, 0.2) is 0 Å². The van der Waals surface area contributed by atoms with Crippen molar-refractivity contribution in [3.05, 3.63) is 0 Å². The molecule has 1 rings (SSSR count). The fourth-order valence-electron chi connectivity index (χ4n) is 2.19. The molecule has 1 fully saturated rings. The quantitative estimate of drug-likeness (QED) is 0.538. The number of amides is 3. The van der Waals surface area contributed by atoms with Gasteiger partial charge >= 0.3 is 11.4 Å². The van der Waals surface area contributed by atoms with Crippen molar-refractivity contribution in [2.75, 3.05) is 13.1 Å². The molecule has 18 heavy (non-hydrogen) atoms. The van der Waals surface area contributed by atoms with Crippen LogP contribution in [0.15, 0.2) is 0 Å². The van der Waals surface area contributed by atoms with E-state index in [-0.39, 0.29) is 6.03 Å². The molecule has 0 bridgehead atoms. The van der Waals surface area contributed by atoms with E-state index in [0.29, 0.717) is 13.1 Å². The monoisotopic (exact) mass is 274 g/mol. The average Bonchev–Trinajstić information content (AvgIpc) is 2.33. The third kappa shape index (κ3) is 6.24. The number of nitrogens with zero attached hydrogens (tertiary/aromatic N) is 1. The Morgan fingerprint density at radius 1 is 0.944 bits per heavy atom. The Labute approximate surface area is 114 Å². The predicted octanol–water partition coefficient (Wildman–Crippen LogP) is 3.88. The van der Waals surface area contributed by atoms with Crippen LogP contribution in [0.5, 0.6) is 0 Å². The summed E-state index contributed by atoms with van der Waals surface area (Å²) in [5, 5.41) is 2.07. The van der Waals surface area contributed by atoms with Gasteiger partial charge in [0, 0.05) is 13.1 Å². The lowest BCUT2D eigenvalue weighted by molar-refractivity contribution is 0.197. The molecule has 1 saturated heterocycles. The Hall–Kier alpha value is -0.770. The van der Waals surface area contributed by atoms with E-state index in [4.69, 9.17) is 11.6 Å². The highest BCUT2D eigenvalue weighted by molar-refractivity contribution is 6.64. The second kappa shape index (κ2) is 9.20. The molecule has 1 aliphatic heterocycles. The van der Waals surface area contributed by atoms with E-state index in [1.807, 2.05) is 0 Å². The summed E-state index contributed by atoms with van der Waals surface area (Å²) in [5.74, 6) is 0. The largest absolute Gasteiger partial charge is 0.338 e. The topological polar surface area (TPSA) is 49.4 Å². The van der Waals surface area contributed by atoms with Crippen LogP contribution in [0.25, 0.3) is 0 Å². The summed E-state index contributed by atoms with van der Waals surface area (Å²) in [6.07, 6.45) is 10.2. The summed E-state index contributed by atoms with van der Waals surface area (Å²) < 4.78 is 0. The van der Waals surface area contributed by atoms with Crippen molar-refractivity contribution in [3.8, 4) is 0 Å². The van der Waals surface area contributed by atoms with Gasteiger partial charge in [-0.3, -0.25) is 9.69 Å². The molecule has 0 spiro atoms. The van der Waals surface area contributed by atoms with Crippen LogP contribution in [0.4, 0.5) is 9.59 Å². The normalized spacial score (nSPS) is 20.9. The van der Waals surface area contributed by atoms with E-state index in [9.17, 15) is 9.59 Å². The Bertz CT molecular complexity index is 272. The third-order valence-corrected chi connectivity index (χ3v) is 3.50. The van der Waals surface area contributed by atoms with Gasteiger partial charge in [-0.05, 0) is 24.4 Å². The van der Waals surface area contributed by atoms with Crippen LogP contribution in [0, 0.1) is 0 Å². The van der Waals surface area contributed by atoms with E-state index >= 15 is 0 Å². The Morgan fingerprint density at radius 3 is 2.00 bits per heavy atom. The average molecular weight is 275 g/mol. The molecule has 0 atom stereocenters. The van der Waals surface area contributed by atoms with Gasteiger partial charge in [-0.2, -0.15) is 0 Å². The van der Waals surface area contributed by atoms with Crippen LogP contribution in [-0.4, -0.2) is 29.4 Å². The number of halogens is 1. The first kappa shape index (κ1) is 15.3. The second-order valence-electron chi connectivity index (χ2n) is 4.82. The molecule has 0 aromatic heterocycles. The molecule has 104 valence electrons. The molecule has 5 heteroatoms. The maximum absolute atomic E-state index is 11.7. The molecule has 0 unspecified atom stereocenters. The Balaban J connectivity index is 2.42. The minimum atomic E-state index is -0.681. The molecule has 3 amide bonds. The van der Waals surface area contributed by atoms with Crippen LogP contribution in [0.3, 0.4) is 0 Å². The SMILES string of the molecule is O=C(Cl)N1CCCCCCCCCCCNC1=O. The first-order valence-corrected chi connectivity index (χ1v) is 7.34. The predicted molar refractivity (Wildman–Crippen MR) is 72.9 cm³/mol. The van der Waals surface area contributed by atoms with E-state index in [0.717, 1.165) is 30.6 Å². The van der Waals surface area contributed by atoms with Gasteiger partial charge in [-0.25, -0.2) is 4.79 Å². The number of nitrogens with one attached hydrogen (secondary N) is 1. The van der Waals surface area contributed by atoms with Gasteiger partial charge in [-0.1, -0.05) is 44.9 Å². The minimum absolute atomic E-state index is 0.355. The van der Waals surface area contributed by atoms with Gasteiger partial charge in [-0.15, -0.1) is 0 Å². The highest BCUT2D eigenvalue weighted by Crippen LogP contribution is 2.11. The van der Waals surface area contributed by atoms with Gasteiger partial charge in [0.2, 0.25) is 0 Å². The van der Waals surface area contributed by atoms with Crippen LogP contribution < -0.4 is 5.32 Å². The Morgan fingerprint density at radius 2 is 1.44 bits per heavy atom. The van der Waals surface area contributed by atoms with Gasteiger partial charge in [0.05, 0.1) is 0 Å². The molecule has 0 aliphatic carbocycles. The molecule has 0 radical (unpaired) electrons. The van der Waals surface area contributed by atoms with Crippen molar-refractivity contribution in [1.82, 2.24) is 10.2 Å². The zero-order valence-corrected chi connectivity index (χ0v) is 11.7. The first-order valence-electron chi connectivity index (χ1n) is 6.96. The molecule has 1 heterocycles. The van der Waals surface area contributed by atoms with Crippen molar-refractivity contribution in [3.63, 3.8) is 0 Å². The number of rotatable bonds is 0. The summed E-state index contributed by atoms with van der Waals surface area (Å²) >= 11 is 5.43. The third-order valence-electron chi connectivity index (χ3n) is 3.29. The van der Waals surface area contributed by atoms with E-state index in [2.05, 4.69) is 5.32 Å². The van der Waals surface area contributed by atoms with Crippen LogP contribution in [0.2, 0.25) is 0 Å². The Kier molecular flexibility index (Phi) is 7.81. The number of hydrogen-bond donors (Lipinski definition) is 1. The number of hydrogen-bond acceptors (Lipinski definition) is 2. The highest BCUT2D eigenvalue weighted by Gasteiger charge is 2.18. The first-order chi connectivity index (χ1) is 8.72. The van der Waals surface area contributed by atoms with Gasteiger partial charge in [0.25, 0.3) is 0 Å². The van der Waals surface area contributed by atoms with Crippen LogP contribution >= 0.6 is 11.6 Å². The standard InChI is InChI=1S/C13H23ClN2O2/c14-12(17)16-11-9-7-5-3-1-2-4-6-8-10-15-13(16)18/h1-11H2,(H,15,18). The molecule has 1 aliphatic rings. The lowest BCUT2D eigenvalue weighted by atomic mass is 10.1. The van der Waals surface area contributed by atoms with E-state index < -0.39 is 5.37 Å². The summed E-state index contributed by atoms with van der Waals surface area (Å²) in [7, 11) is 0. The molecule has 0 aromatic carbocycles. The van der Waals surface area contributed by atoms with Crippen molar-refractivity contribution in [1.29, 1.82) is 0 Å². The van der Waals surface area contributed by atoms with Crippen molar-refractivity contribution < 1.29 is 9.59 Å². The molecule has 0 saturated carbocycles. The van der Waals surface area contributed by atoms with E-state index in [1.54, 1.807) is 0 Å². The lowest BCUT2D eigenvalue weighted by Gasteiger charge is -2.18. The zero-order valence-electron chi connectivity index (χ0n) is 10.9. The fourth-order valence-corrected chi connectivity index (χ4v) is 2.35. The molecule has 4 nitrogen and oxygen atoms in total. The number of urea groups is 1. The summed E-state index contributed by atoms with van der Waals surface area (Å²) in [5.41, 5.74) is 0. The van der Waals surface area contributed by atoms with Gasteiger partial charge in [0.1, 0.15) is 0 Å². The van der Waals surface area contributed by atoms with Crippen LogP contribution in [-0.2, 0) is 0 Å². The zero-order chi connectivity index (χ0) is 13.2. The molecular formula is C13H23ClN2O2. The maximum atomic E-state index is 11.7. The fraction of sp³-hybridized carbons (Fsp3) is 0.846. The smallest absolute Gasteiger partial charge is 0.325 e. The second-order valence-corrected chi connectivity index (χ2v) is 5.14. The van der Waals surface area contributed by atoms with Crippen molar-refractivity contribution in [2.24, 2.45) is 0 Å². The molecule has 1 N–H and O–H groups in total. The molecular weight excluding hydrogens is 252 g/mol. The maximum Gasteiger partial charge on any atom is 0.325 e. The summed E-state index contributed by atoms with van der Waals surface area (Å²) in [4.78, 5) is 24.0. The van der Waals surface area contributed by atoms with Crippen molar-refractivity contribution >= 4 is 23.0 Å². The van der Waals surface area contributed by atoms with Crippen LogP contribution in [0.1, 0.15) is 57.8 Å². The van der Waals surface area contributed by atoms with Crippen molar-refractivity contribution in [2.45, 2.75) is 57.8 Å². The lowest BCUT2D eigenvalue weighted by Crippen LogP contribution is -2.42. The number of carbonyl (C=O) groups is 2. The minimum Gasteiger partial charge on any atom is -0.338 e. The molecule has 0 aromatic rings. The highest BCUT2D eigenvalue weighted by atomic mass is 35.5. The van der Waals surface area contributed by atoms with Gasteiger partial charge < -0.3 is 5.32 Å². The number of carbonyl (C=O) groups excluding carboxylic acids is 2. The summed E-state index contributed by atoms with van der Waals surface area (Å²) in [6.45, 7) is 1.05. The van der Waals surface area contributed by atoms with E-state index in [1.165, 1.54) is 32.1 Å².